The minimum absolute atomic E-state index is 0.0382. The standard InChI is InChI=1S/C32H54N4O7/c1-29(2)15-25(35-23-37)17-31(5,19-29)21-33-27(39)42-13-9-7-11-41-12-8-10-14-43-28(40)34-22-32(6)18-26(36-24-38)16-30(3,4)20-32/h25-26H,7-22H2,1-6H3,(H,33,39)(H,34,40). The van der Waals surface area contributed by atoms with Crippen LogP contribution in [0.15, 0.2) is 9.98 Å². The van der Waals surface area contributed by atoms with Crippen molar-refractivity contribution in [3.63, 3.8) is 0 Å². The van der Waals surface area contributed by atoms with E-state index in [-0.39, 0.29) is 33.7 Å². The maximum atomic E-state index is 12.2. The number of nitrogens with one attached hydrogen (secondary N) is 2. The molecule has 2 amide bonds. The van der Waals surface area contributed by atoms with Gasteiger partial charge in [-0.1, -0.05) is 41.5 Å². The van der Waals surface area contributed by atoms with Gasteiger partial charge in [0.05, 0.1) is 25.3 Å². The predicted octanol–water partition coefficient (Wildman–Crippen LogP) is 5.86. The molecule has 2 aliphatic rings. The third-order valence-corrected chi connectivity index (χ3v) is 8.47. The van der Waals surface area contributed by atoms with E-state index >= 15 is 0 Å². The van der Waals surface area contributed by atoms with Crippen LogP contribution in [-0.2, 0) is 23.8 Å². The SMILES string of the molecule is CC1(C)CC(N=C=O)CC(C)(CNC(=O)OCCCCOCCCCOC(=O)NCC2(C)CC(N=C=O)CC(C)(C)C2)C1. The predicted molar refractivity (Wildman–Crippen MR) is 163 cm³/mol. The summed E-state index contributed by atoms with van der Waals surface area (Å²) in [7, 11) is 0. The number of hydrogen-bond acceptors (Lipinski definition) is 9. The van der Waals surface area contributed by atoms with E-state index in [9.17, 15) is 19.2 Å². The molecule has 11 heteroatoms. The van der Waals surface area contributed by atoms with Gasteiger partial charge in [-0.25, -0.2) is 29.2 Å². The fourth-order valence-corrected chi connectivity index (χ4v) is 7.48. The Hall–Kier alpha value is -2.74. The van der Waals surface area contributed by atoms with Gasteiger partial charge in [-0.15, -0.1) is 0 Å². The zero-order valence-electron chi connectivity index (χ0n) is 27.2. The van der Waals surface area contributed by atoms with Crippen LogP contribution in [0.3, 0.4) is 0 Å². The lowest BCUT2D eigenvalue weighted by atomic mass is 9.62. The monoisotopic (exact) mass is 606 g/mol. The van der Waals surface area contributed by atoms with Crippen molar-refractivity contribution in [2.75, 3.05) is 39.5 Å². The number of carbonyl (C=O) groups is 2. The molecular formula is C32H54N4O7. The summed E-state index contributed by atoms with van der Waals surface area (Å²) in [5.74, 6) is 0. The zero-order chi connectivity index (χ0) is 32.0. The highest BCUT2D eigenvalue weighted by Crippen LogP contribution is 2.47. The Bertz CT molecular complexity index is 928. The van der Waals surface area contributed by atoms with Crippen molar-refractivity contribution < 1.29 is 33.4 Å². The average Bonchev–Trinajstić information content (AvgIpc) is 2.87. The van der Waals surface area contributed by atoms with Crippen molar-refractivity contribution in [1.82, 2.24) is 10.6 Å². The van der Waals surface area contributed by atoms with E-state index in [4.69, 9.17) is 14.2 Å². The molecule has 0 aliphatic heterocycles. The molecule has 11 nitrogen and oxygen atoms in total. The van der Waals surface area contributed by atoms with Crippen LogP contribution in [0.5, 0.6) is 0 Å². The van der Waals surface area contributed by atoms with Crippen molar-refractivity contribution in [2.24, 2.45) is 31.6 Å². The Morgan fingerprint density at radius 2 is 1.02 bits per heavy atom. The summed E-state index contributed by atoms with van der Waals surface area (Å²) in [4.78, 5) is 53.7. The maximum absolute atomic E-state index is 12.2. The molecule has 43 heavy (non-hydrogen) atoms. The van der Waals surface area contributed by atoms with Crippen LogP contribution in [0, 0.1) is 21.7 Å². The van der Waals surface area contributed by atoms with Gasteiger partial charge in [-0.05, 0) is 85.9 Å². The van der Waals surface area contributed by atoms with Gasteiger partial charge in [0.15, 0.2) is 0 Å². The minimum Gasteiger partial charge on any atom is -0.450 e. The Kier molecular flexibility index (Phi) is 14.4. The van der Waals surface area contributed by atoms with Crippen LogP contribution >= 0.6 is 0 Å². The molecule has 0 saturated heterocycles. The molecule has 0 bridgehead atoms. The van der Waals surface area contributed by atoms with E-state index in [0.29, 0.717) is 52.4 Å². The molecular weight excluding hydrogens is 552 g/mol. The lowest BCUT2D eigenvalue weighted by Crippen LogP contribution is -2.44. The number of alkyl carbamates (subject to hydrolysis) is 2. The number of rotatable bonds is 16. The zero-order valence-corrected chi connectivity index (χ0v) is 27.2. The number of amides is 2. The van der Waals surface area contributed by atoms with Gasteiger partial charge in [0.1, 0.15) is 0 Å². The molecule has 4 atom stereocenters. The number of ether oxygens (including phenoxy) is 3. The second kappa shape index (κ2) is 16.9. The molecule has 2 saturated carbocycles. The molecule has 244 valence electrons. The Labute approximate surface area is 257 Å². The van der Waals surface area contributed by atoms with E-state index in [2.05, 4.69) is 62.2 Å². The quantitative estimate of drug-likeness (QED) is 0.127. The number of carbonyl (C=O) groups excluding carboxylic acids is 4. The third kappa shape index (κ3) is 14.5. The Balaban J connectivity index is 1.47. The molecule has 2 N–H and O–H groups in total. The first-order valence-corrected chi connectivity index (χ1v) is 15.7. The van der Waals surface area contributed by atoms with Crippen LogP contribution in [-0.4, -0.2) is 75.9 Å². The smallest absolute Gasteiger partial charge is 0.407 e. The summed E-state index contributed by atoms with van der Waals surface area (Å²) < 4.78 is 16.3. The molecule has 0 aromatic rings. The van der Waals surface area contributed by atoms with Gasteiger partial charge in [-0.3, -0.25) is 0 Å². The maximum Gasteiger partial charge on any atom is 0.407 e. The van der Waals surface area contributed by atoms with Crippen LogP contribution < -0.4 is 10.6 Å². The van der Waals surface area contributed by atoms with Crippen molar-refractivity contribution in [3.05, 3.63) is 0 Å². The first-order valence-electron chi connectivity index (χ1n) is 15.7. The molecule has 2 rings (SSSR count). The first kappa shape index (κ1) is 36.5. The average molecular weight is 607 g/mol. The molecule has 0 spiro atoms. The molecule has 0 radical (unpaired) electrons. The van der Waals surface area contributed by atoms with E-state index in [0.717, 1.165) is 51.4 Å². The normalized spacial score (nSPS) is 27.6. The fourth-order valence-electron chi connectivity index (χ4n) is 7.48. The second-order valence-electron chi connectivity index (χ2n) is 14.9. The summed E-state index contributed by atoms with van der Waals surface area (Å²) in [6.45, 7) is 15.6. The van der Waals surface area contributed by atoms with Gasteiger partial charge in [0.25, 0.3) is 0 Å². The number of unbranched alkanes of at least 4 members (excludes halogenated alkanes) is 2. The summed E-state index contributed by atoms with van der Waals surface area (Å²) in [6, 6.07) is -0.130. The molecule has 0 aromatic carbocycles. The minimum atomic E-state index is -0.432. The second-order valence-corrected chi connectivity index (χ2v) is 14.9. The van der Waals surface area contributed by atoms with Gasteiger partial charge in [-0.2, -0.15) is 0 Å². The van der Waals surface area contributed by atoms with Crippen molar-refractivity contribution in [1.29, 1.82) is 0 Å². The molecule has 0 aromatic heterocycles. The molecule has 0 heterocycles. The Morgan fingerprint density at radius 3 is 1.40 bits per heavy atom. The Morgan fingerprint density at radius 1 is 0.651 bits per heavy atom. The summed E-state index contributed by atoms with van der Waals surface area (Å²) in [6.07, 6.45) is 10.5. The lowest BCUT2D eigenvalue weighted by molar-refractivity contribution is 0.0762. The molecule has 2 aliphatic carbocycles. The number of hydrogen-bond donors (Lipinski definition) is 2. The number of aliphatic imine (C=N–C) groups is 2. The number of nitrogens with zero attached hydrogens (tertiary/aromatic N) is 2. The highest BCUT2D eigenvalue weighted by molar-refractivity contribution is 5.67. The van der Waals surface area contributed by atoms with E-state index < -0.39 is 12.2 Å². The van der Waals surface area contributed by atoms with Crippen LogP contribution in [0.4, 0.5) is 9.59 Å². The lowest BCUT2D eigenvalue weighted by Gasteiger charge is -2.45. The number of isocyanates is 2. The van der Waals surface area contributed by atoms with Gasteiger partial charge >= 0.3 is 12.2 Å². The topological polar surface area (TPSA) is 145 Å². The highest BCUT2D eigenvalue weighted by atomic mass is 16.6. The summed E-state index contributed by atoms with van der Waals surface area (Å²) in [5.41, 5.74) is -0.234. The van der Waals surface area contributed by atoms with E-state index in [1.54, 1.807) is 12.2 Å². The van der Waals surface area contributed by atoms with Crippen LogP contribution in [0.1, 0.15) is 106 Å². The first-order chi connectivity index (χ1) is 20.2. The van der Waals surface area contributed by atoms with Crippen LogP contribution in [0.2, 0.25) is 0 Å². The van der Waals surface area contributed by atoms with Gasteiger partial charge in [0, 0.05) is 26.3 Å². The van der Waals surface area contributed by atoms with Crippen LogP contribution in [0.25, 0.3) is 0 Å². The summed E-state index contributed by atoms with van der Waals surface area (Å²) in [5, 5.41) is 5.76. The molecule has 4 unspecified atom stereocenters. The largest absolute Gasteiger partial charge is 0.450 e. The van der Waals surface area contributed by atoms with E-state index in [1.165, 1.54) is 0 Å². The highest BCUT2D eigenvalue weighted by Gasteiger charge is 2.42. The summed E-state index contributed by atoms with van der Waals surface area (Å²) >= 11 is 0. The third-order valence-electron chi connectivity index (χ3n) is 8.47. The van der Waals surface area contributed by atoms with Crippen molar-refractivity contribution in [3.8, 4) is 0 Å². The van der Waals surface area contributed by atoms with Gasteiger partial charge < -0.3 is 24.8 Å². The van der Waals surface area contributed by atoms with E-state index in [1.807, 2.05) is 0 Å². The van der Waals surface area contributed by atoms with Crippen molar-refractivity contribution in [2.45, 2.75) is 118 Å². The van der Waals surface area contributed by atoms with Gasteiger partial charge in [0.2, 0.25) is 12.2 Å². The molecule has 2 fully saturated rings. The fraction of sp³-hybridized carbons (Fsp3) is 0.875. The van der Waals surface area contributed by atoms with Crippen molar-refractivity contribution >= 4 is 24.3 Å².